The maximum atomic E-state index is 6.49. The number of aryl methyl sites for hydroxylation is 1. The molecule has 1 aromatic rings. The second-order valence-corrected chi connectivity index (χ2v) is 6.30. The first-order valence-corrected chi connectivity index (χ1v) is 7.43. The van der Waals surface area contributed by atoms with Crippen molar-refractivity contribution in [1.29, 1.82) is 0 Å². The molecule has 1 aliphatic carbocycles. The van der Waals surface area contributed by atoms with Crippen LogP contribution in [0.3, 0.4) is 0 Å². The quantitative estimate of drug-likeness (QED) is 0.908. The van der Waals surface area contributed by atoms with E-state index in [2.05, 4.69) is 41.9 Å². The molecule has 1 saturated carbocycles. The predicted octanol–water partition coefficient (Wildman–Crippen LogP) is 4.20. The Kier molecular flexibility index (Phi) is 4.33. The zero-order valence-electron chi connectivity index (χ0n) is 11.4. The van der Waals surface area contributed by atoms with Crippen LogP contribution in [0.5, 0.6) is 5.75 Å². The van der Waals surface area contributed by atoms with Gasteiger partial charge in [0.2, 0.25) is 0 Å². The van der Waals surface area contributed by atoms with Gasteiger partial charge in [0.25, 0.3) is 0 Å². The van der Waals surface area contributed by atoms with Gasteiger partial charge in [-0.2, -0.15) is 0 Å². The van der Waals surface area contributed by atoms with E-state index in [0.717, 1.165) is 15.8 Å². The van der Waals surface area contributed by atoms with E-state index in [1.54, 1.807) is 7.11 Å². The van der Waals surface area contributed by atoms with Gasteiger partial charge in [-0.1, -0.05) is 35.7 Å². The summed E-state index contributed by atoms with van der Waals surface area (Å²) in [5.41, 5.74) is 8.80. The first kappa shape index (κ1) is 13.9. The average Bonchev–Trinajstić information content (AvgIpc) is 2.77. The molecule has 1 fully saturated rings. The molecule has 1 aromatic carbocycles. The minimum absolute atomic E-state index is 0.0781. The molecule has 0 amide bonds. The zero-order valence-corrected chi connectivity index (χ0v) is 13.0. The molecule has 0 heterocycles. The van der Waals surface area contributed by atoms with Gasteiger partial charge in [0.1, 0.15) is 5.75 Å². The Morgan fingerprint density at radius 1 is 1.39 bits per heavy atom. The molecule has 3 atom stereocenters. The third-order valence-electron chi connectivity index (χ3n) is 4.26. The fourth-order valence-electron chi connectivity index (χ4n) is 3.05. The van der Waals surface area contributed by atoms with Crippen LogP contribution in [-0.2, 0) is 0 Å². The van der Waals surface area contributed by atoms with E-state index in [9.17, 15) is 0 Å². The van der Waals surface area contributed by atoms with Crippen LogP contribution in [0.4, 0.5) is 0 Å². The van der Waals surface area contributed by atoms with Crippen LogP contribution >= 0.6 is 15.9 Å². The number of methoxy groups -OCH3 is 1. The number of ether oxygens (including phenoxy) is 1. The van der Waals surface area contributed by atoms with E-state index < -0.39 is 0 Å². The summed E-state index contributed by atoms with van der Waals surface area (Å²) in [6, 6.07) is 4.28. The van der Waals surface area contributed by atoms with Gasteiger partial charge in [0, 0.05) is 16.1 Å². The van der Waals surface area contributed by atoms with E-state index >= 15 is 0 Å². The summed E-state index contributed by atoms with van der Waals surface area (Å²) >= 11 is 3.59. The largest absolute Gasteiger partial charge is 0.496 e. The lowest BCUT2D eigenvalue weighted by Crippen LogP contribution is -2.24. The summed E-state index contributed by atoms with van der Waals surface area (Å²) in [6.07, 6.45) is 3.83. The van der Waals surface area contributed by atoms with Crippen molar-refractivity contribution in [3.63, 3.8) is 0 Å². The molecule has 18 heavy (non-hydrogen) atoms. The Morgan fingerprint density at radius 3 is 2.67 bits per heavy atom. The second kappa shape index (κ2) is 5.62. The van der Waals surface area contributed by atoms with E-state index in [0.29, 0.717) is 11.8 Å². The van der Waals surface area contributed by atoms with Gasteiger partial charge in [-0.3, -0.25) is 0 Å². The van der Waals surface area contributed by atoms with Gasteiger partial charge >= 0.3 is 0 Å². The minimum atomic E-state index is 0.0781. The van der Waals surface area contributed by atoms with E-state index in [-0.39, 0.29) is 6.04 Å². The van der Waals surface area contributed by atoms with Gasteiger partial charge in [-0.25, -0.2) is 0 Å². The minimum Gasteiger partial charge on any atom is -0.496 e. The molecular weight excluding hydrogens is 290 g/mol. The smallest absolute Gasteiger partial charge is 0.123 e. The number of halogens is 1. The summed E-state index contributed by atoms with van der Waals surface area (Å²) in [5.74, 6) is 2.21. The molecule has 0 spiro atoms. The van der Waals surface area contributed by atoms with Crippen LogP contribution in [-0.4, -0.2) is 7.11 Å². The van der Waals surface area contributed by atoms with Crippen LogP contribution in [0.2, 0.25) is 0 Å². The number of nitrogens with two attached hydrogens (primary N) is 1. The first-order valence-electron chi connectivity index (χ1n) is 6.64. The molecule has 100 valence electrons. The highest BCUT2D eigenvalue weighted by atomic mass is 79.9. The van der Waals surface area contributed by atoms with Gasteiger partial charge in [-0.05, 0) is 42.9 Å². The molecule has 3 heteroatoms. The summed E-state index contributed by atoms with van der Waals surface area (Å²) < 4.78 is 6.61. The van der Waals surface area contributed by atoms with Gasteiger partial charge in [0.15, 0.2) is 0 Å². The van der Waals surface area contributed by atoms with Crippen molar-refractivity contribution < 1.29 is 4.74 Å². The number of benzene rings is 1. The lowest BCUT2D eigenvalue weighted by molar-refractivity contribution is 0.336. The van der Waals surface area contributed by atoms with E-state index in [1.165, 1.54) is 24.8 Å². The Morgan fingerprint density at radius 2 is 2.11 bits per heavy atom. The van der Waals surface area contributed by atoms with E-state index in [1.807, 2.05) is 0 Å². The highest BCUT2D eigenvalue weighted by Gasteiger charge is 2.31. The van der Waals surface area contributed by atoms with Crippen molar-refractivity contribution in [1.82, 2.24) is 0 Å². The van der Waals surface area contributed by atoms with Crippen molar-refractivity contribution in [2.24, 2.45) is 17.6 Å². The lowest BCUT2D eigenvalue weighted by atomic mass is 9.86. The summed E-state index contributed by atoms with van der Waals surface area (Å²) in [4.78, 5) is 0. The Balaban J connectivity index is 2.34. The van der Waals surface area contributed by atoms with Gasteiger partial charge in [0.05, 0.1) is 7.11 Å². The molecule has 2 nitrogen and oxygen atoms in total. The molecule has 0 aromatic heterocycles. The highest BCUT2D eigenvalue weighted by Crippen LogP contribution is 2.42. The van der Waals surface area contributed by atoms with Crippen LogP contribution in [0.15, 0.2) is 16.6 Å². The predicted molar refractivity (Wildman–Crippen MR) is 78.9 cm³/mol. The maximum absolute atomic E-state index is 6.49. The summed E-state index contributed by atoms with van der Waals surface area (Å²) in [6.45, 7) is 4.38. The van der Waals surface area contributed by atoms with Crippen LogP contribution < -0.4 is 10.5 Å². The van der Waals surface area contributed by atoms with Crippen molar-refractivity contribution in [3.05, 3.63) is 27.7 Å². The average molecular weight is 312 g/mol. The molecule has 0 aliphatic heterocycles. The fraction of sp³-hybridized carbons (Fsp3) is 0.600. The third kappa shape index (κ3) is 2.57. The van der Waals surface area contributed by atoms with Crippen LogP contribution in [0.25, 0.3) is 0 Å². The monoisotopic (exact) mass is 311 g/mol. The van der Waals surface area contributed by atoms with Crippen molar-refractivity contribution >= 4 is 15.9 Å². The highest BCUT2D eigenvalue weighted by molar-refractivity contribution is 9.10. The molecule has 1 aliphatic rings. The SMILES string of the molecule is COc1cc(C)c(Br)cc1C(N)C1CCCC1C. The number of hydrogen-bond donors (Lipinski definition) is 1. The topological polar surface area (TPSA) is 35.2 Å². The molecule has 0 bridgehead atoms. The number of rotatable bonds is 3. The Bertz CT molecular complexity index is 433. The van der Waals surface area contributed by atoms with Crippen LogP contribution in [0, 0.1) is 18.8 Å². The zero-order chi connectivity index (χ0) is 13.3. The normalized spacial score (nSPS) is 25.2. The molecule has 2 N–H and O–H groups in total. The molecule has 3 unspecified atom stereocenters. The third-order valence-corrected chi connectivity index (χ3v) is 5.11. The van der Waals surface area contributed by atoms with E-state index in [4.69, 9.17) is 10.5 Å². The summed E-state index contributed by atoms with van der Waals surface area (Å²) in [5, 5.41) is 0. The van der Waals surface area contributed by atoms with Crippen molar-refractivity contribution in [2.45, 2.75) is 39.2 Å². The van der Waals surface area contributed by atoms with Gasteiger partial charge in [-0.15, -0.1) is 0 Å². The van der Waals surface area contributed by atoms with Gasteiger partial charge < -0.3 is 10.5 Å². The standard InChI is InChI=1S/C15H22BrNO/c1-9-5-4-6-11(9)15(17)12-8-13(16)10(2)7-14(12)18-3/h7-9,11,15H,4-6,17H2,1-3H3. The summed E-state index contributed by atoms with van der Waals surface area (Å²) in [7, 11) is 1.72. The molecule has 0 saturated heterocycles. The first-order chi connectivity index (χ1) is 8.54. The lowest BCUT2D eigenvalue weighted by Gasteiger charge is -2.25. The second-order valence-electron chi connectivity index (χ2n) is 5.44. The molecule has 2 rings (SSSR count). The number of hydrogen-bond acceptors (Lipinski definition) is 2. The molecule has 0 radical (unpaired) electrons. The van der Waals surface area contributed by atoms with Crippen LogP contribution in [0.1, 0.15) is 43.4 Å². The Labute approximate surface area is 118 Å². The fourth-order valence-corrected chi connectivity index (χ4v) is 3.41. The maximum Gasteiger partial charge on any atom is 0.123 e. The van der Waals surface area contributed by atoms with Crippen molar-refractivity contribution in [2.75, 3.05) is 7.11 Å². The van der Waals surface area contributed by atoms with Crippen molar-refractivity contribution in [3.8, 4) is 5.75 Å². The Hall–Kier alpha value is -0.540. The molecular formula is C15H22BrNO.